The van der Waals surface area contributed by atoms with E-state index in [2.05, 4.69) is 17.3 Å². The molecule has 0 radical (unpaired) electrons. The highest BCUT2D eigenvalue weighted by molar-refractivity contribution is 7.20. The molecule has 10 heteroatoms. The molecule has 4 rings (SSSR count). The van der Waals surface area contributed by atoms with Gasteiger partial charge >= 0.3 is 0 Å². The number of carbonyl (C=O) groups is 2. The summed E-state index contributed by atoms with van der Waals surface area (Å²) in [4.78, 5) is 47.4. The molecule has 2 N–H and O–H groups in total. The number of quaternary nitrogens is 1. The van der Waals surface area contributed by atoms with Gasteiger partial charge in [0.15, 0.2) is 0 Å². The molecule has 1 aliphatic rings. The van der Waals surface area contributed by atoms with Gasteiger partial charge in [-0.05, 0) is 24.6 Å². The molecule has 0 aliphatic carbocycles. The number of hydrogen-bond acceptors (Lipinski definition) is 6. The second-order valence-electron chi connectivity index (χ2n) is 7.91. The average Bonchev–Trinajstić information content (AvgIpc) is 3.13. The lowest BCUT2D eigenvalue weighted by atomic mass is 10.2. The Balaban J connectivity index is 1.57. The van der Waals surface area contributed by atoms with Crippen molar-refractivity contribution in [3.05, 3.63) is 51.4 Å². The first-order valence-electron chi connectivity index (χ1n) is 10.4. The van der Waals surface area contributed by atoms with Gasteiger partial charge in [-0.3, -0.25) is 19.0 Å². The highest BCUT2D eigenvalue weighted by Crippen LogP contribution is 2.28. The smallest absolute Gasteiger partial charge is 0.264 e. The van der Waals surface area contributed by atoms with Crippen LogP contribution >= 0.6 is 11.3 Å². The molecular weight excluding hydrogens is 430 g/mol. The number of anilines is 1. The van der Waals surface area contributed by atoms with Gasteiger partial charge in [-0.25, -0.2) is 4.98 Å². The van der Waals surface area contributed by atoms with Crippen LogP contribution in [-0.4, -0.2) is 66.6 Å². The Labute approximate surface area is 189 Å². The molecule has 1 aromatic carbocycles. The first kappa shape index (κ1) is 22.0. The third-order valence-corrected chi connectivity index (χ3v) is 6.90. The van der Waals surface area contributed by atoms with Crippen LogP contribution in [0.25, 0.3) is 10.2 Å². The maximum Gasteiger partial charge on any atom is 0.264 e. The normalized spacial score (nSPS) is 14.5. The van der Waals surface area contributed by atoms with Gasteiger partial charge in [0, 0.05) is 0 Å². The second-order valence-corrected chi connectivity index (χ2v) is 8.91. The zero-order chi connectivity index (χ0) is 22.8. The molecule has 9 nitrogen and oxygen atoms in total. The number of ether oxygens (including phenoxy) is 1. The predicted octanol–water partition coefficient (Wildman–Crippen LogP) is 0.384. The number of benzene rings is 1. The molecule has 3 aromatic rings. The van der Waals surface area contributed by atoms with Crippen molar-refractivity contribution in [1.29, 1.82) is 0 Å². The Morgan fingerprint density at radius 1 is 1.25 bits per heavy atom. The predicted molar refractivity (Wildman–Crippen MR) is 123 cm³/mol. The molecular formula is C22H26N5O4S+. The Hall–Kier alpha value is -3.24. The van der Waals surface area contributed by atoms with E-state index in [1.165, 1.54) is 34.2 Å². The van der Waals surface area contributed by atoms with Crippen molar-refractivity contribution in [2.45, 2.75) is 13.5 Å². The maximum atomic E-state index is 13.1. The highest BCUT2D eigenvalue weighted by atomic mass is 32.1. The van der Waals surface area contributed by atoms with E-state index in [-0.39, 0.29) is 23.9 Å². The van der Waals surface area contributed by atoms with Crippen LogP contribution in [0.3, 0.4) is 0 Å². The minimum Gasteiger partial charge on any atom is -0.495 e. The molecule has 0 unspecified atom stereocenters. The van der Waals surface area contributed by atoms with E-state index < -0.39 is 0 Å². The fraction of sp³-hybridized carbons (Fsp3) is 0.364. The fourth-order valence-corrected chi connectivity index (χ4v) is 4.91. The Kier molecular flexibility index (Phi) is 6.24. The lowest BCUT2D eigenvalue weighted by molar-refractivity contribution is -0.883. The summed E-state index contributed by atoms with van der Waals surface area (Å²) in [5.74, 6) is 0.101. The number of methoxy groups -OCH3 is 1. The number of thiophene rings is 1. The van der Waals surface area contributed by atoms with E-state index in [1.807, 2.05) is 4.90 Å². The minimum absolute atomic E-state index is 0.0575. The Morgan fingerprint density at radius 2 is 1.97 bits per heavy atom. The van der Waals surface area contributed by atoms with Gasteiger partial charge in [0.1, 0.15) is 17.1 Å². The highest BCUT2D eigenvalue weighted by Gasteiger charge is 2.27. The number of fused-ring (bicyclic) bond motifs is 1. The van der Waals surface area contributed by atoms with Gasteiger partial charge in [-0.15, -0.1) is 11.3 Å². The monoisotopic (exact) mass is 456 g/mol. The van der Waals surface area contributed by atoms with Crippen LogP contribution < -0.4 is 20.5 Å². The molecule has 168 valence electrons. The molecule has 0 atom stereocenters. The lowest BCUT2D eigenvalue weighted by Gasteiger charge is -2.29. The number of amides is 2. The summed E-state index contributed by atoms with van der Waals surface area (Å²) < 4.78 is 6.51. The third kappa shape index (κ3) is 4.23. The van der Waals surface area contributed by atoms with E-state index in [9.17, 15) is 14.4 Å². The number of nitrogens with zero attached hydrogens (tertiary/aromatic N) is 3. The fourth-order valence-electron chi connectivity index (χ4n) is 3.80. The number of hydrogen-bond donors (Lipinski definition) is 2. The van der Waals surface area contributed by atoms with Crippen LogP contribution in [0.4, 0.5) is 5.69 Å². The molecule has 1 saturated heterocycles. The van der Waals surface area contributed by atoms with Gasteiger partial charge < -0.3 is 19.9 Å². The molecule has 0 bridgehead atoms. The van der Waals surface area contributed by atoms with E-state index in [0.29, 0.717) is 45.2 Å². The second kappa shape index (κ2) is 9.09. The van der Waals surface area contributed by atoms with Crippen molar-refractivity contribution in [2.24, 2.45) is 0 Å². The summed E-state index contributed by atoms with van der Waals surface area (Å²) in [6.45, 7) is 4.78. The quantitative estimate of drug-likeness (QED) is 0.579. The zero-order valence-corrected chi connectivity index (χ0v) is 19.1. The van der Waals surface area contributed by atoms with Crippen LogP contribution in [0.15, 0.2) is 35.4 Å². The summed E-state index contributed by atoms with van der Waals surface area (Å²) in [5, 5.41) is 3.15. The molecule has 1 aliphatic heterocycles. The van der Waals surface area contributed by atoms with Gasteiger partial charge in [-0.2, -0.15) is 0 Å². The molecule has 2 amide bonds. The zero-order valence-electron chi connectivity index (χ0n) is 18.3. The summed E-state index contributed by atoms with van der Waals surface area (Å²) in [5.41, 5.74) is 0.815. The molecule has 0 spiro atoms. The van der Waals surface area contributed by atoms with Gasteiger partial charge in [0.25, 0.3) is 11.5 Å². The number of para-hydroxylation sites is 2. The maximum absolute atomic E-state index is 13.1. The molecule has 3 heterocycles. The number of likely N-dealkylation sites (N-methyl/N-ethyl adjacent to an activating group) is 1. The summed E-state index contributed by atoms with van der Waals surface area (Å²) >= 11 is 1.24. The lowest BCUT2D eigenvalue weighted by Crippen LogP contribution is -3.12. The topological polar surface area (TPSA) is 98.0 Å². The minimum atomic E-state index is -0.373. The number of rotatable bonds is 5. The summed E-state index contributed by atoms with van der Waals surface area (Å²) in [6.07, 6.45) is 1.36. The number of piperazine rings is 1. The first-order valence-corrected chi connectivity index (χ1v) is 11.2. The van der Waals surface area contributed by atoms with Crippen molar-refractivity contribution in [2.75, 3.05) is 45.7 Å². The molecule has 0 saturated carbocycles. The van der Waals surface area contributed by atoms with Crippen molar-refractivity contribution >= 4 is 39.1 Å². The van der Waals surface area contributed by atoms with Crippen LogP contribution in [0.5, 0.6) is 5.75 Å². The van der Waals surface area contributed by atoms with Crippen molar-refractivity contribution < 1.29 is 19.2 Å². The van der Waals surface area contributed by atoms with Crippen LogP contribution in [0.2, 0.25) is 0 Å². The van der Waals surface area contributed by atoms with Gasteiger partial charge in [0.05, 0.1) is 62.6 Å². The first-order chi connectivity index (χ1) is 15.4. The third-order valence-electron chi connectivity index (χ3n) is 5.71. The standard InChI is InChI=1S/C22H25N5O4S/c1-14-18-20(32-19(14)22(30)26-10-8-25(2)9-11-26)23-13-27(21(18)29)12-17(28)24-15-6-4-5-7-16(15)31-3/h4-7,13H,8-12H2,1-3H3,(H,24,28)/p+1. The Bertz CT molecular complexity index is 1230. The van der Waals surface area contributed by atoms with E-state index in [4.69, 9.17) is 4.74 Å². The number of aryl methyl sites for hydroxylation is 1. The SMILES string of the molecule is COc1ccccc1NC(=O)Cn1cnc2sc(C(=O)N3CC[NH+](C)CC3)c(C)c2c1=O. The summed E-state index contributed by atoms with van der Waals surface area (Å²) in [6, 6.07) is 7.05. The van der Waals surface area contributed by atoms with Crippen molar-refractivity contribution in [1.82, 2.24) is 14.5 Å². The largest absolute Gasteiger partial charge is 0.495 e. The van der Waals surface area contributed by atoms with E-state index >= 15 is 0 Å². The van der Waals surface area contributed by atoms with E-state index in [0.717, 1.165) is 13.1 Å². The van der Waals surface area contributed by atoms with Crippen molar-refractivity contribution in [3.63, 3.8) is 0 Å². The van der Waals surface area contributed by atoms with Gasteiger partial charge in [0.2, 0.25) is 5.91 Å². The Morgan fingerprint density at radius 3 is 2.69 bits per heavy atom. The van der Waals surface area contributed by atoms with Crippen molar-refractivity contribution in [3.8, 4) is 5.75 Å². The number of nitrogens with one attached hydrogen (secondary N) is 2. The number of carbonyl (C=O) groups excluding carboxylic acids is 2. The van der Waals surface area contributed by atoms with Crippen LogP contribution in [0, 0.1) is 6.92 Å². The van der Waals surface area contributed by atoms with Gasteiger partial charge in [-0.1, -0.05) is 12.1 Å². The summed E-state index contributed by atoms with van der Waals surface area (Å²) in [7, 11) is 3.64. The molecule has 1 fully saturated rings. The van der Waals surface area contributed by atoms with E-state index in [1.54, 1.807) is 31.2 Å². The molecule has 32 heavy (non-hydrogen) atoms. The molecule has 2 aromatic heterocycles. The van der Waals surface area contributed by atoms with Crippen LogP contribution in [0.1, 0.15) is 15.2 Å². The average molecular weight is 457 g/mol. The number of aromatic nitrogens is 2. The van der Waals surface area contributed by atoms with Crippen LogP contribution in [-0.2, 0) is 11.3 Å².